The Morgan fingerprint density at radius 1 is 1.11 bits per heavy atom. The summed E-state index contributed by atoms with van der Waals surface area (Å²) in [5.41, 5.74) is 1.85. The van der Waals surface area contributed by atoms with E-state index in [1.807, 2.05) is 24.3 Å². The van der Waals surface area contributed by atoms with Crippen LogP contribution in [0.15, 0.2) is 42.0 Å². The summed E-state index contributed by atoms with van der Waals surface area (Å²) < 4.78 is 1.52. The van der Waals surface area contributed by atoms with E-state index in [2.05, 4.69) is 35.9 Å². The second-order valence-corrected chi connectivity index (χ2v) is 3.44. The van der Waals surface area contributed by atoms with Crippen LogP contribution in [-0.4, -0.2) is 41.7 Å². The monoisotopic (exact) mass is 240 g/mol. The average molecular weight is 240 g/mol. The van der Waals surface area contributed by atoms with Gasteiger partial charge in [0.25, 0.3) is 0 Å². The van der Waals surface area contributed by atoms with E-state index in [0.29, 0.717) is 5.82 Å². The van der Waals surface area contributed by atoms with E-state index in [4.69, 9.17) is 0 Å². The molecule has 0 atom stereocenters. The molecule has 0 radical (unpaired) electrons. The molecule has 0 aliphatic rings. The SMILES string of the molecule is C(=Nn1cnnc1)c1ccc(-c2nn[nH]n2)cc1. The van der Waals surface area contributed by atoms with Crippen LogP contribution in [0.25, 0.3) is 11.4 Å². The van der Waals surface area contributed by atoms with Gasteiger partial charge in [0.1, 0.15) is 12.7 Å². The van der Waals surface area contributed by atoms with Crippen LogP contribution >= 0.6 is 0 Å². The molecule has 0 spiro atoms. The molecular formula is C10H8N8. The van der Waals surface area contributed by atoms with Crippen LogP contribution < -0.4 is 0 Å². The third-order valence-corrected chi connectivity index (χ3v) is 2.26. The second-order valence-electron chi connectivity index (χ2n) is 3.44. The van der Waals surface area contributed by atoms with Crippen LogP contribution in [0.3, 0.4) is 0 Å². The molecule has 3 aromatic rings. The molecule has 3 rings (SSSR count). The smallest absolute Gasteiger partial charge is 0.204 e. The fourth-order valence-electron chi connectivity index (χ4n) is 1.39. The van der Waals surface area contributed by atoms with Crippen molar-refractivity contribution in [2.24, 2.45) is 5.10 Å². The molecule has 0 fully saturated rings. The summed E-state index contributed by atoms with van der Waals surface area (Å²) in [6.45, 7) is 0. The van der Waals surface area contributed by atoms with Crippen molar-refractivity contribution in [2.45, 2.75) is 0 Å². The van der Waals surface area contributed by atoms with Crippen LogP contribution in [-0.2, 0) is 0 Å². The van der Waals surface area contributed by atoms with Gasteiger partial charge in [0.15, 0.2) is 0 Å². The molecule has 0 aliphatic heterocycles. The van der Waals surface area contributed by atoms with E-state index in [0.717, 1.165) is 11.1 Å². The van der Waals surface area contributed by atoms with Gasteiger partial charge in [-0.05, 0) is 10.8 Å². The number of rotatable bonds is 3. The van der Waals surface area contributed by atoms with Crippen LogP contribution in [0.5, 0.6) is 0 Å². The van der Waals surface area contributed by atoms with E-state index >= 15 is 0 Å². The Balaban J connectivity index is 1.79. The maximum atomic E-state index is 4.15. The predicted octanol–water partition coefficient (Wildman–Crippen LogP) is 0.340. The fourth-order valence-corrected chi connectivity index (χ4v) is 1.39. The normalized spacial score (nSPS) is 11.1. The summed E-state index contributed by atoms with van der Waals surface area (Å²) in [7, 11) is 0. The van der Waals surface area contributed by atoms with Crippen LogP contribution in [0.1, 0.15) is 5.56 Å². The van der Waals surface area contributed by atoms with Crippen molar-refractivity contribution in [3.63, 3.8) is 0 Å². The third kappa shape index (κ3) is 2.12. The molecule has 1 N–H and O–H groups in total. The van der Waals surface area contributed by atoms with Crippen LogP contribution in [0.4, 0.5) is 0 Å². The summed E-state index contributed by atoms with van der Waals surface area (Å²) >= 11 is 0. The summed E-state index contributed by atoms with van der Waals surface area (Å²) in [6, 6.07) is 7.63. The lowest BCUT2D eigenvalue weighted by Crippen LogP contribution is -1.88. The lowest BCUT2D eigenvalue weighted by atomic mass is 10.1. The van der Waals surface area contributed by atoms with Gasteiger partial charge in [0.05, 0.1) is 6.21 Å². The molecule has 8 nitrogen and oxygen atoms in total. The largest absolute Gasteiger partial charge is 0.208 e. The number of H-pyrrole nitrogens is 1. The minimum absolute atomic E-state index is 0.567. The summed E-state index contributed by atoms with van der Waals surface area (Å²) in [5, 5.41) is 25.2. The number of tetrazole rings is 1. The standard InChI is InChI=1S/C10H8N8/c1-3-9(10-14-16-17-15-10)4-2-8(1)5-13-18-6-11-12-7-18/h1-7H,(H,14,15,16,17). The number of hydrogen-bond acceptors (Lipinski definition) is 6. The highest BCUT2D eigenvalue weighted by molar-refractivity contribution is 5.80. The Kier molecular flexibility index (Phi) is 2.59. The zero-order valence-electron chi connectivity index (χ0n) is 9.17. The first-order valence-corrected chi connectivity index (χ1v) is 5.15. The van der Waals surface area contributed by atoms with Crippen molar-refractivity contribution in [2.75, 3.05) is 0 Å². The molecule has 0 aliphatic carbocycles. The first-order valence-electron chi connectivity index (χ1n) is 5.15. The topological polar surface area (TPSA) is 97.5 Å². The number of aromatic nitrogens is 7. The Bertz CT molecular complexity index is 623. The van der Waals surface area contributed by atoms with E-state index in [1.165, 1.54) is 17.3 Å². The van der Waals surface area contributed by atoms with Gasteiger partial charge in [-0.2, -0.15) is 10.3 Å². The molecule has 0 saturated heterocycles. The predicted molar refractivity (Wildman–Crippen MR) is 62.6 cm³/mol. The number of nitrogens with zero attached hydrogens (tertiary/aromatic N) is 7. The van der Waals surface area contributed by atoms with Crippen molar-refractivity contribution in [3.05, 3.63) is 42.5 Å². The van der Waals surface area contributed by atoms with Gasteiger partial charge in [-0.1, -0.05) is 24.3 Å². The Morgan fingerprint density at radius 3 is 2.56 bits per heavy atom. The molecule has 0 bridgehead atoms. The van der Waals surface area contributed by atoms with Crippen molar-refractivity contribution in [1.29, 1.82) is 0 Å². The third-order valence-electron chi connectivity index (χ3n) is 2.26. The minimum atomic E-state index is 0.567. The van der Waals surface area contributed by atoms with Crippen molar-refractivity contribution in [1.82, 2.24) is 35.5 Å². The molecule has 2 heterocycles. The van der Waals surface area contributed by atoms with Gasteiger partial charge in [-0.25, -0.2) is 4.68 Å². The van der Waals surface area contributed by atoms with Crippen molar-refractivity contribution >= 4 is 6.21 Å². The fraction of sp³-hybridized carbons (Fsp3) is 0. The Labute approximate surface area is 101 Å². The number of aromatic amines is 1. The van der Waals surface area contributed by atoms with Gasteiger partial charge < -0.3 is 0 Å². The van der Waals surface area contributed by atoms with E-state index in [1.54, 1.807) is 6.21 Å². The summed E-state index contributed by atoms with van der Waals surface area (Å²) in [4.78, 5) is 0. The molecule has 18 heavy (non-hydrogen) atoms. The zero-order valence-corrected chi connectivity index (χ0v) is 9.17. The van der Waals surface area contributed by atoms with Gasteiger partial charge in [-0.15, -0.1) is 20.4 Å². The van der Waals surface area contributed by atoms with Gasteiger partial charge in [0.2, 0.25) is 5.82 Å². The molecule has 8 heteroatoms. The van der Waals surface area contributed by atoms with Crippen molar-refractivity contribution < 1.29 is 0 Å². The molecule has 0 amide bonds. The van der Waals surface area contributed by atoms with E-state index in [9.17, 15) is 0 Å². The highest BCUT2D eigenvalue weighted by atomic mass is 15.5. The molecule has 88 valence electrons. The van der Waals surface area contributed by atoms with E-state index < -0.39 is 0 Å². The first-order chi connectivity index (χ1) is 8.92. The van der Waals surface area contributed by atoms with Gasteiger partial charge in [-0.3, -0.25) is 0 Å². The number of nitrogens with one attached hydrogen (secondary N) is 1. The summed E-state index contributed by atoms with van der Waals surface area (Å²) in [6.07, 6.45) is 4.75. The number of hydrogen-bond donors (Lipinski definition) is 1. The van der Waals surface area contributed by atoms with Crippen LogP contribution in [0, 0.1) is 0 Å². The lowest BCUT2D eigenvalue weighted by Gasteiger charge is -1.95. The van der Waals surface area contributed by atoms with Gasteiger partial charge in [0, 0.05) is 5.56 Å². The zero-order chi connectivity index (χ0) is 12.2. The lowest BCUT2D eigenvalue weighted by molar-refractivity contribution is 0.878. The first kappa shape index (κ1) is 10.3. The molecule has 2 aromatic heterocycles. The maximum absolute atomic E-state index is 4.15. The second kappa shape index (κ2) is 4.53. The van der Waals surface area contributed by atoms with Crippen molar-refractivity contribution in [3.8, 4) is 11.4 Å². The minimum Gasteiger partial charge on any atom is -0.208 e. The Hall–Kier alpha value is -2.90. The average Bonchev–Trinajstić information content (AvgIpc) is 3.10. The highest BCUT2D eigenvalue weighted by Gasteiger charge is 2.01. The highest BCUT2D eigenvalue weighted by Crippen LogP contribution is 2.12. The Morgan fingerprint density at radius 2 is 1.89 bits per heavy atom. The number of benzene rings is 1. The molecule has 0 saturated carbocycles. The van der Waals surface area contributed by atoms with E-state index in [-0.39, 0.29) is 0 Å². The van der Waals surface area contributed by atoms with Crippen LogP contribution in [0.2, 0.25) is 0 Å². The molecule has 0 unspecified atom stereocenters. The maximum Gasteiger partial charge on any atom is 0.204 e. The summed E-state index contributed by atoms with van der Waals surface area (Å²) in [5.74, 6) is 0.567. The quantitative estimate of drug-likeness (QED) is 0.666. The molecular weight excluding hydrogens is 232 g/mol. The van der Waals surface area contributed by atoms with Gasteiger partial charge >= 0.3 is 0 Å². The molecule has 1 aromatic carbocycles.